The average molecular weight is 199 g/mol. The summed E-state index contributed by atoms with van der Waals surface area (Å²) in [5.74, 6) is -0.0814. The number of hydrogen-bond donors (Lipinski definition) is 1. The van der Waals surface area contributed by atoms with Crippen molar-refractivity contribution in [3.05, 3.63) is 0 Å². The lowest BCUT2D eigenvalue weighted by molar-refractivity contribution is -0.137. The second-order valence-electron chi connectivity index (χ2n) is 4.27. The summed E-state index contributed by atoms with van der Waals surface area (Å²) in [6.07, 6.45) is 2.31. The van der Waals surface area contributed by atoms with E-state index in [0.717, 1.165) is 39.1 Å². The molecule has 0 spiro atoms. The van der Waals surface area contributed by atoms with Gasteiger partial charge in [-0.05, 0) is 25.3 Å². The van der Waals surface area contributed by atoms with Crippen molar-refractivity contribution >= 4 is 5.97 Å². The summed E-state index contributed by atoms with van der Waals surface area (Å²) in [6.45, 7) is 3.93. The zero-order chi connectivity index (χ0) is 9.97. The first-order chi connectivity index (χ1) is 6.75. The Balaban J connectivity index is 1.68. The molecule has 1 atom stereocenters. The first-order valence-corrected chi connectivity index (χ1v) is 5.29. The second-order valence-corrected chi connectivity index (χ2v) is 4.27. The molecule has 0 aliphatic carbocycles. The fourth-order valence-corrected chi connectivity index (χ4v) is 2.19. The molecule has 2 saturated heterocycles. The minimum absolute atomic E-state index is 0.319. The molecule has 0 aromatic rings. The number of carboxylic acid groups (broad SMARTS) is 1. The molecule has 2 heterocycles. The number of carbonyl (C=O) groups is 1. The van der Waals surface area contributed by atoms with Crippen molar-refractivity contribution < 1.29 is 14.6 Å². The van der Waals surface area contributed by atoms with E-state index in [-0.39, 0.29) is 0 Å². The van der Waals surface area contributed by atoms with Crippen LogP contribution >= 0.6 is 0 Å². The van der Waals surface area contributed by atoms with E-state index in [1.165, 1.54) is 0 Å². The van der Waals surface area contributed by atoms with Crippen molar-refractivity contribution in [3.8, 4) is 0 Å². The summed E-state index contributed by atoms with van der Waals surface area (Å²) in [4.78, 5) is 12.8. The van der Waals surface area contributed by atoms with Crippen LogP contribution in [0.3, 0.4) is 0 Å². The van der Waals surface area contributed by atoms with Crippen LogP contribution < -0.4 is 0 Å². The van der Waals surface area contributed by atoms with Crippen LogP contribution in [0, 0.1) is 5.92 Å². The second kappa shape index (κ2) is 4.28. The average Bonchev–Trinajstić information content (AvgIpc) is 2.46. The van der Waals surface area contributed by atoms with Gasteiger partial charge in [-0.15, -0.1) is 0 Å². The summed E-state index contributed by atoms with van der Waals surface area (Å²) in [6, 6.07) is 0.616. The minimum atomic E-state index is -0.671. The summed E-state index contributed by atoms with van der Waals surface area (Å²) in [5, 5.41) is 8.57. The number of rotatable bonds is 4. The highest BCUT2D eigenvalue weighted by Crippen LogP contribution is 2.24. The predicted octanol–water partition coefficient (Wildman–Crippen LogP) is 0.572. The largest absolute Gasteiger partial charge is 0.481 e. The maximum atomic E-state index is 10.4. The van der Waals surface area contributed by atoms with Gasteiger partial charge in [0.05, 0.1) is 19.3 Å². The van der Waals surface area contributed by atoms with Gasteiger partial charge in [-0.1, -0.05) is 0 Å². The summed E-state index contributed by atoms with van der Waals surface area (Å²) < 4.78 is 5.14. The van der Waals surface area contributed by atoms with Crippen LogP contribution in [0.25, 0.3) is 0 Å². The number of nitrogens with zero attached hydrogens (tertiary/aromatic N) is 1. The van der Waals surface area contributed by atoms with Gasteiger partial charge in [0.2, 0.25) is 0 Å². The van der Waals surface area contributed by atoms with E-state index in [4.69, 9.17) is 9.84 Å². The molecular formula is C10H17NO3. The maximum Gasteiger partial charge on any atom is 0.303 e. The van der Waals surface area contributed by atoms with Gasteiger partial charge in [-0.25, -0.2) is 0 Å². The molecule has 80 valence electrons. The number of hydrogen-bond acceptors (Lipinski definition) is 3. The molecular weight excluding hydrogens is 182 g/mol. The zero-order valence-corrected chi connectivity index (χ0v) is 8.32. The van der Waals surface area contributed by atoms with E-state index in [0.29, 0.717) is 18.4 Å². The molecule has 0 bridgehead atoms. The van der Waals surface area contributed by atoms with Crippen LogP contribution in [0.1, 0.15) is 19.3 Å². The smallest absolute Gasteiger partial charge is 0.303 e. The van der Waals surface area contributed by atoms with E-state index in [9.17, 15) is 4.79 Å². The fourth-order valence-electron chi connectivity index (χ4n) is 2.19. The van der Waals surface area contributed by atoms with E-state index < -0.39 is 5.97 Å². The molecule has 2 fully saturated rings. The normalized spacial score (nSPS) is 29.0. The van der Waals surface area contributed by atoms with Crippen LogP contribution in [0.4, 0.5) is 0 Å². The van der Waals surface area contributed by atoms with Crippen LogP contribution in [0.2, 0.25) is 0 Å². The van der Waals surface area contributed by atoms with Gasteiger partial charge in [-0.2, -0.15) is 0 Å². The standard InChI is InChI=1S/C10H17NO3/c12-10(13)2-1-8-3-4-11(5-8)9-6-14-7-9/h8-9H,1-7H2,(H,12,13). The molecule has 4 nitrogen and oxygen atoms in total. The molecule has 2 aliphatic heterocycles. The lowest BCUT2D eigenvalue weighted by Gasteiger charge is -2.34. The van der Waals surface area contributed by atoms with Crippen molar-refractivity contribution in [1.82, 2.24) is 4.90 Å². The molecule has 0 aromatic carbocycles. The lowest BCUT2D eigenvalue weighted by atomic mass is 10.0. The summed E-state index contributed by atoms with van der Waals surface area (Å²) >= 11 is 0. The number of ether oxygens (including phenoxy) is 1. The third kappa shape index (κ3) is 2.25. The molecule has 0 amide bonds. The Bertz CT molecular complexity index is 215. The molecule has 14 heavy (non-hydrogen) atoms. The van der Waals surface area contributed by atoms with Crippen molar-refractivity contribution in [3.63, 3.8) is 0 Å². The topological polar surface area (TPSA) is 49.8 Å². The molecule has 4 heteroatoms. The quantitative estimate of drug-likeness (QED) is 0.719. The number of likely N-dealkylation sites (tertiary alicyclic amines) is 1. The van der Waals surface area contributed by atoms with Crippen LogP contribution in [0.5, 0.6) is 0 Å². The highest BCUT2D eigenvalue weighted by Gasteiger charge is 2.32. The van der Waals surface area contributed by atoms with Gasteiger partial charge < -0.3 is 9.84 Å². The molecule has 1 N–H and O–H groups in total. The monoisotopic (exact) mass is 199 g/mol. The Hall–Kier alpha value is -0.610. The predicted molar refractivity (Wildman–Crippen MR) is 51.2 cm³/mol. The van der Waals surface area contributed by atoms with Crippen molar-refractivity contribution in [1.29, 1.82) is 0 Å². The number of carboxylic acids is 1. The Morgan fingerprint density at radius 2 is 2.29 bits per heavy atom. The van der Waals surface area contributed by atoms with Gasteiger partial charge in [0.25, 0.3) is 0 Å². The molecule has 1 unspecified atom stereocenters. The fraction of sp³-hybridized carbons (Fsp3) is 0.900. The molecule has 2 aliphatic rings. The Labute approximate surface area is 83.8 Å². The Morgan fingerprint density at radius 1 is 1.50 bits per heavy atom. The van der Waals surface area contributed by atoms with Crippen LogP contribution in [-0.2, 0) is 9.53 Å². The minimum Gasteiger partial charge on any atom is -0.481 e. The Kier molecular flexibility index (Phi) is 3.03. The highest BCUT2D eigenvalue weighted by atomic mass is 16.5. The van der Waals surface area contributed by atoms with E-state index in [1.54, 1.807) is 0 Å². The summed E-state index contributed by atoms with van der Waals surface area (Å²) in [5.41, 5.74) is 0. The van der Waals surface area contributed by atoms with Gasteiger partial charge in [-0.3, -0.25) is 9.69 Å². The molecule has 2 rings (SSSR count). The van der Waals surface area contributed by atoms with E-state index in [2.05, 4.69) is 4.90 Å². The lowest BCUT2D eigenvalue weighted by Crippen LogP contribution is -2.47. The highest BCUT2D eigenvalue weighted by molar-refractivity contribution is 5.66. The molecule has 0 radical (unpaired) electrons. The third-order valence-corrected chi connectivity index (χ3v) is 3.22. The van der Waals surface area contributed by atoms with E-state index in [1.807, 2.05) is 0 Å². The van der Waals surface area contributed by atoms with Crippen LogP contribution in [-0.4, -0.2) is 48.3 Å². The van der Waals surface area contributed by atoms with Crippen LogP contribution in [0.15, 0.2) is 0 Å². The van der Waals surface area contributed by atoms with Gasteiger partial charge in [0.1, 0.15) is 0 Å². The summed E-state index contributed by atoms with van der Waals surface area (Å²) in [7, 11) is 0. The molecule has 0 aromatic heterocycles. The first-order valence-electron chi connectivity index (χ1n) is 5.29. The Morgan fingerprint density at radius 3 is 2.86 bits per heavy atom. The van der Waals surface area contributed by atoms with Crippen molar-refractivity contribution in [2.24, 2.45) is 5.92 Å². The van der Waals surface area contributed by atoms with Crippen molar-refractivity contribution in [2.75, 3.05) is 26.3 Å². The maximum absolute atomic E-state index is 10.4. The zero-order valence-electron chi connectivity index (χ0n) is 8.32. The van der Waals surface area contributed by atoms with Gasteiger partial charge >= 0.3 is 5.97 Å². The first kappa shape index (κ1) is 9.93. The third-order valence-electron chi connectivity index (χ3n) is 3.22. The van der Waals surface area contributed by atoms with Gasteiger partial charge in [0.15, 0.2) is 0 Å². The molecule has 0 saturated carbocycles. The SMILES string of the molecule is O=C(O)CCC1CCN(C2COC2)C1. The van der Waals surface area contributed by atoms with Gasteiger partial charge in [0, 0.05) is 13.0 Å². The van der Waals surface area contributed by atoms with Crippen molar-refractivity contribution in [2.45, 2.75) is 25.3 Å². The number of aliphatic carboxylic acids is 1. The van der Waals surface area contributed by atoms with E-state index >= 15 is 0 Å².